The maximum Gasteiger partial charge on any atom is 0.416 e. The predicted octanol–water partition coefficient (Wildman–Crippen LogP) is 5.49. The van der Waals surface area contributed by atoms with Crippen molar-refractivity contribution in [3.05, 3.63) is 35.4 Å². The summed E-state index contributed by atoms with van der Waals surface area (Å²) in [5, 5.41) is 39.5. The van der Waals surface area contributed by atoms with Crippen LogP contribution in [0, 0.1) is 67.5 Å². The van der Waals surface area contributed by atoms with Gasteiger partial charge in [0.25, 0.3) is 0 Å². The molecule has 1 saturated carbocycles. The highest BCUT2D eigenvalue weighted by Gasteiger charge is 2.81. The molecule has 0 aromatic heterocycles. The van der Waals surface area contributed by atoms with Crippen LogP contribution in [0.1, 0.15) is 57.3 Å². The van der Waals surface area contributed by atoms with Gasteiger partial charge in [-0.1, -0.05) is 32.9 Å². The zero-order chi connectivity index (χ0) is 24.4. The third kappa shape index (κ3) is 2.90. The average molecular weight is 456 g/mol. The normalized spacial score (nSPS) is 34.9. The molecule has 1 aromatic carbocycles. The summed E-state index contributed by atoms with van der Waals surface area (Å²) in [6.07, 6.45) is -4.81. The summed E-state index contributed by atoms with van der Waals surface area (Å²) >= 11 is 0. The molecule has 5 unspecified atom stereocenters. The zero-order valence-corrected chi connectivity index (χ0v) is 18.5. The van der Waals surface area contributed by atoms with Gasteiger partial charge in [0.2, 0.25) is 17.1 Å². The minimum absolute atomic E-state index is 0.0541. The van der Waals surface area contributed by atoms with E-state index in [-0.39, 0.29) is 16.9 Å². The lowest BCUT2D eigenvalue weighted by molar-refractivity contribution is -0.301. The maximum atomic E-state index is 13.4. The Labute approximate surface area is 190 Å². The number of benzene rings is 1. The van der Waals surface area contributed by atoms with Crippen LogP contribution in [0.4, 0.5) is 13.2 Å². The monoisotopic (exact) mass is 456 g/mol. The second-order valence-electron chi connectivity index (χ2n) is 10.2. The van der Waals surface area contributed by atoms with Gasteiger partial charge < -0.3 is 9.47 Å². The molecule has 0 radical (unpaired) electrons. The highest BCUT2D eigenvalue weighted by atomic mass is 19.4. The summed E-state index contributed by atoms with van der Waals surface area (Å²) in [5.41, 5.74) is -5.40. The van der Waals surface area contributed by atoms with Gasteiger partial charge >= 0.3 is 6.18 Å². The molecule has 4 rings (SSSR count). The van der Waals surface area contributed by atoms with Crippen molar-refractivity contribution < 1.29 is 22.6 Å². The Morgan fingerprint density at radius 2 is 1.76 bits per heavy atom. The largest absolute Gasteiger partial charge is 0.447 e. The summed E-state index contributed by atoms with van der Waals surface area (Å²) in [7, 11) is 0. The third-order valence-corrected chi connectivity index (χ3v) is 7.65. The first-order valence-corrected chi connectivity index (χ1v) is 10.7. The molecule has 33 heavy (non-hydrogen) atoms. The van der Waals surface area contributed by atoms with Gasteiger partial charge in [0.15, 0.2) is 5.41 Å². The molecule has 5 atom stereocenters. The molecule has 3 aliphatic rings. The molecule has 2 saturated heterocycles. The molecule has 0 amide bonds. The van der Waals surface area contributed by atoms with Gasteiger partial charge in [0, 0.05) is 6.42 Å². The molecular formula is C24H23F3N4O2. The number of alkyl halides is 3. The van der Waals surface area contributed by atoms with E-state index in [9.17, 15) is 29.0 Å². The second kappa shape index (κ2) is 6.95. The molecule has 2 heterocycles. The minimum atomic E-state index is -4.65. The second-order valence-corrected chi connectivity index (χ2v) is 10.2. The Morgan fingerprint density at radius 3 is 2.30 bits per heavy atom. The summed E-state index contributed by atoms with van der Waals surface area (Å²) in [5.74, 6) is -2.64. The third-order valence-electron chi connectivity index (χ3n) is 7.65. The lowest BCUT2D eigenvalue weighted by Gasteiger charge is -2.54. The van der Waals surface area contributed by atoms with Crippen molar-refractivity contribution in [2.24, 2.45) is 28.1 Å². The van der Waals surface area contributed by atoms with Crippen molar-refractivity contribution in [2.45, 2.75) is 58.1 Å². The van der Waals surface area contributed by atoms with Gasteiger partial charge in [-0.3, -0.25) is 5.41 Å². The fraction of sp³-hybridized carbons (Fsp3) is 0.583. The van der Waals surface area contributed by atoms with Crippen molar-refractivity contribution in [1.82, 2.24) is 0 Å². The fourth-order valence-corrected chi connectivity index (χ4v) is 5.80. The van der Waals surface area contributed by atoms with E-state index in [1.165, 1.54) is 12.1 Å². The predicted molar refractivity (Wildman–Crippen MR) is 109 cm³/mol. The molecule has 172 valence electrons. The van der Waals surface area contributed by atoms with E-state index in [1.54, 1.807) is 0 Å². The molecule has 9 heteroatoms. The molecule has 1 aliphatic carbocycles. The summed E-state index contributed by atoms with van der Waals surface area (Å²) < 4.78 is 52.3. The summed E-state index contributed by atoms with van der Waals surface area (Å²) in [6, 6.07) is 10.1. The van der Waals surface area contributed by atoms with Gasteiger partial charge in [-0.15, -0.1) is 0 Å². The number of nitrogens with one attached hydrogen (secondary N) is 1. The molecule has 6 nitrogen and oxygen atoms in total. The first-order valence-electron chi connectivity index (χ1n) is 10.7. The van der Waals surface area contributed by atoms with Crippen molar-refractivity contribution in [2.75, 3.05) is 0 Å². The quantitative estimate of drug-likeness (QED) is 0.600. The van der Waals surface area contributed by atoms with E-state index in [0.717, 1.165) is 12.1 Å². The number of hydrogen-bond acceptors (Lipinski definition) is 6. The van der Waals surface area contributed by atoms with Crippen LogP contribution in [0.15, 0.2) is 24.3 Å². The van der Waals surface area contributed by atoms with E-state index < -0.39 is 46.3 Å². The number of nitriles is 3. The number of rotatable bonds is 1. The van der Waals surface area contributed by atoms with Crippen LogP contribution in [0.5, 0.6) is 0 Å². The van der Waals surface area contributed by atoms with Crippen LogP contribution in [-0.2, 0) is 15.7 Å². The minimum Gasteiger partial charge on any atom is -0.447 e. The molecule has 1 N–H and O–H groups in total. The summed E-state index contributed by atoms with van der Waals surface area (Å²) in [4.78, 5) is 0. The Kier molecular flexibility index (Phi) is 4.86. The van der Waals surface area contributed by atoms with Crippen LogP contribution >= 0.6 is 0 Å². The zero-order valence-electron chi connectivity index (χ0n) is 18.5. The Morgan fingerprint density at radius 1 is 1.09 bits per heavy atom. The standard InChI is InChI=1S/C24H23F3N4O2/c1-20(2,3)15-7-8-23-17(10-15)22(13-30,19(31)33-23)21(11-28,12-29)18(32-23)14-5-4-6-16(9-14)24(25,26)27/h4-6,9,15,17-18,31H,7-8,10H2,1-3H3. The Bertz CT molecular complexity index is 1120. The highest BCUT2D eigenvalue weighted by Crippen LogP contribution is 2.70. The van der Waals surface area contributed by atoms with Crippen LogP contribution in [0.2, 0.25) is 0 Å². The van der Waals surface area contributed by atoms with Gasteiger partial charge in [0.05, 0.1) is 29.7 Å². The number of halogens is 3. The topological polar surface area (TPSA) is 114 Å². The summed E-state index contributed by atoms with van der Waals surface area (Å²) in [6.45, 7) is 6.17. The molecule has 2 bridgehead atoms. The average Bonchev–Trinajstić information content (AvgIpc) is 2.96. The Hall–Kier alpha value is -3.09. The number of ether oxygens (including phenoxy) is 2. The van der Waals surface area contributed by atoms with E-state index in [2.05, 4.69) is 26.8 Å². The lowest BCUT2D eigenvalue weighted by Crippen LogP contribution is -2.61. The molecule has 3 fully saturated rings. The Balaban J connectivity index is 1.94. The first kappa shape index (κ1) is 23.1. The molecular weight excluding hydrogens is 433 g/mol. The van der Waals surface area contributed by atoms with Crippen molar-refractivity contribution >= 4 is 5.90 Å². The van der Waals surface area contributed by atoms with E-state index in [0.29, 0.717) is 19.3 Å². The molecule has 0 spiro atoms. The van der Waals surface area contributed by atoms with Gasteiger partial charge in [-0.25, -0.2) is 0 Å². The lowest BCUT2D eigenvalue weighted by atomic mass is 9.49. The smallest absolute Gasteiger partial charge is 0.416 e. The number of hydrogen-bond donors (Lipinski definition) is 1. The van der Waals surface area contributed by atoms with Crippen molar-refractivity contribution in [3.8, 4) is 18.2 Å². The van der Waals surface area contributed by atoms with Crippen molar-refractivity contribution in [3.63, 3.8) is 0 Å². The fourth-order valence-electron chi connectivity index (χ4n) is 5.80. The van der Waals surface area contributed by atoms with Gasteiger partial charge in [0.1, 0.15) is 6.10 Å². The van der Waals surface area contributed by atoms with Crippen LogP contribution in [0.3, 0.4) is 0 Å². The highest BCUT2D eigenvalue weighted by molar-refractivity contribution is 5.89. The van der Waals surface area contributed by atoms with Crippen LogP contribution < -0.4 is 0 Å². The SMILES string of the molecule is CC(C)(C)C1CCC23OC(=N)C(C#N)(C2C1)C(C#N)(C#N)C(c1cccc(C(F)(F)F)c1)O3. The number of nitrogens with zero attached hydrogens (tertiary/aromatic N) is 3. The molecule has 2 aliphatic heterocycles. The van der Waals surface area contributed by atoms with Gasteiger partial charge in [-0.05, 0) is 41.9 Å². The van der Waals surface area contributed by atoms with Gasteiger partial charge in [-0.2, -0.15) is 29.0 Å². The first-order chi connectivity index (χ1) is 15.3. The van der Waals surface area contributed by atoms with E-state index in [4.69, 9.17) is 14.9 Å². The van der Waals surface area contributed by atoms with Crippen molar-refractivity contribution in [1.29, 1.82) is 21.2 Å². The van der Waals surface area contributed by atoms with E-state index in [1.807, 2.05) is 12.1 Å². The van der Waals surface area contributed by atoms with Crippen LogP contribution in [0.25, 0.3) is 0 Å². The molecule has 1 aromatic rings. The van der Waals surface area contributed by atoms with E-state index >= 15 is 0 Å². The van der Waals surface area contributed by atoms with Crippen LogP contribution in [-0.4, -0.2) is 11.7 Å². The maximum absolute atomic E-state index is 13.4.